The van der Waals surface area contributed by atoms with E-state index in [9.17, 15) is 18.4 Å². The van der Waals surface area contributed by atoms with Gasteiger partial charge >= 0.3 is 6.03 Å². The van der Waals surface area contributed by atoms with Gasteiger partial charge in [0, 0.05) is 12.6 Å². The summed E-state index contributed by atoms with van der Waals surface area (Å²) in [6.07, 6.45) is 0. The summed E-state index contributed by atoms with van der Waals surface area (Å²) in [5.74, 6) is -1.97. The fourth-order valence-electron chi connectivity index (χ4n) is 1.34. The Morgan fingerprint density at radius 2 is 2.00 bits per heavy atom. The minimum atomic E-state index is -0.888. The van der Waals surface area contributed by atoms with Gasteiger partial charge in [-0.25, -0.2) is 13.6 Å². The number of hydrogen-bond acceptors (Lipinski definition) is 2. The van der Waals surface area contributed by atoms with Crippen LogP contribution in [0.25, 0.3) is 0 Å². The van der Waals surface area contributed by atoms with Crippen LogP contribution in [-0.2, 0) is 4.79 Å². The van der Waals surface area contributed by atoms with E-state index in [-0.39, 0.29) is 11.6 Å². The van der Waals surface area contributed by atoms with Gasteiger partial charge in [-0.1, -0.05) is 0 Å². The fourth-order valence-corrected chi connectivity index (χ4v) is 1.34. The number of rotatable bonds is 4. The zero-order chi connectivity index (χ0) is 14.4. The molecule has 0 aliphatic rings. The van der Waals surface area contributed by atoms with Crippen LogP contribution in [0, 0.1) is 11.6 Å². The van der Waals surface area contributed by atoms with E-state index in [1.165, 1.54) is 6.92 Å². The lowest BCUT2D eigenvalue weighted by atomic mass is 10.3. The van der Waals surface area contributed by atoms with Crippen molar-refractivity contribution in [3.8, 4) is 0 Å². The molecule has 0 aromatic heterocycles. The van der Waals surface area contributed by atoms with Crippen molar-refractivity contribution in [2.24, 2.45) is 0 Å². The van der Waals surface area contributed by atoms with Crippen LogP contribution < -0.4 is 16.0 Å². The molecule has 104 valence electrons. The second-order valence-corrected chi connectivity index (χ2v) is 3.84. The number of amides is 3. The standard InChI is InChI=1S/C12H15F2N3O2/c1-3-15-11(18)7(2)16-12(19)17-10-5-4-8(13)6-9(10)14/h4-7H,3H2,1-2H3,(H,15,18)(H2,16,17,19). The van der Waals surface area contributed by atoms with Crippen molar-refractivity contribution in [1.29, 1.82) is 0 Å². The van der Waals surface area contributed by atoms with Crippen molar-refractivity contribution >= 4 is 17.6 Å². The summed E-state index contributed by atoms with van der Waals surface area (Å²) in [6.45, 7) is 3.68. The van der Waals surface area contributed by atoms with E-state index in [1.54, 1.807) is 6.92 Å². The summed E-state index contributed by atoms with van der Waals surface area (Å²) in [6, 6.07) is 1.27. The molecule has 0 heterocycles. The van der Waals surface area contributed by atoms with Crippen LogP contribution in [0.3, 0.4) is 0 Å². The second kappa shape index (κ2) is 6.67. The number of urea groups is 1. The highest BCUT2D eigenvalue weighted by Gasteiger charge is 2.15. The minimum Gasteiger partial charge on any atom is -0.355 e. The van der Waals surface area contributed by atoms with Crippen LogP contribution in [-0.4, -0.2) is 24.5 Å². The van der Waals surface area contributed by atoms with Gasteiger partial charge in [-0.15, -0.1) is 0 Å². The van der Waals surface area contributed by atoms with Crippen molar-refractivity contribution in [3.05, 3.63) is 29.8 Å². The number of halogens is 2. The number of benzene rings is 1. The topological polar surface area (TPSA) is 70.2 Å². The third-order valence-corrected chi connectivity index (χ3v) is 2.27. The molecule has 0 aliphatic carbocycles. The molecule has 0 bridgehead atoms. The molecule has 0 aliphatic heterocycles. The lowest BCUT2D eigenvalue weighted by Gasteiger charge is -2.14. The molecular formula is C12H15F2N3O2. The first-order valence-electron chi connectivity index (χ1n) is 5.74. The van der Waals surface area contributed by atoms with Crippen molar-refractivity contribution in [3.63, 3.8) is 0 Å². The van der Waals surface area contributed by atoms with Gasteiger partial charge in [0.1, 0.15) is 17.7 Å². The van der Waals surface area contributed by atoms with Gasteiger partial charge in [0.25, 0.3) is 0 Å². The maximum Gasteiger partial charge on any atom is 0.319 e. The molecular weight excluding hydrogens is 256 g/mol. The zero-order valence-electron chi connectivity index (χ0n) is 10.6. The first-order chi connectivity index (χ1) is 8.93. The summed E-state index contributed by atoms with van der Waals surface area (Å²) >= 11 is 0. The first kappa shape index (κ1) is 14.9. The zero-order valence-corrected chi connectivity index (χ0v) is 10.6. The van der Waals surface area contributed by atoms with E-state index >= 15 is 0 Å². The molecule has 3 N–H and O–H groups in total. The molecule has 3 amide bonds. The molecule has 1 aromatic carbocycles. The number of anilines is 1. The number of hydrogen-bond donors (Lipinski definition) is 3. The van der Waals surface area contributed by atoms with Gasteiger partial charge in [0.05, 0.1) is 5.69 Å². The quantitative estimate of drug-likeness (QED) is 0.778. The number of nitrogens with one attached hydrogen (secondary N) is 3. The number of carbonyl (C=O) groups excluding carboxylic acids is 2. The van der Waals surface area contributed by atoms with Crippen molar-refractivity contribution in [2.45, 2.75) is 19.9 Å². The van der Waals surface area contributed by atoms with Crippen LogP contribution in [0.1, 0.15) is 13.8 Å². The Morgan fingerprint density at radius 1 is 1.32 bits per heavy atom. The van der Waals surface area contributed by atoms with E-state index in [0.717, 1.165) is 12.1 Å². The highest BCUT2D eigenvalue weighted by Crippen LogP contribution is 2.14. The van der Waals surface area contributed by atoms with Crippen molar-refractivity contribution in [1.82, 2.24) is 10.6 Å². The Bertz CT molecular complexity index is 480. The Hall–Kier alpha value is -2.18. The average Bonchev–Trinajstić information content (AvgIpc) is 2.33. The van der Waals surface area contributed by atoms with Crippen molar-refractivity contribution in [2.75, 3.05) is 11.9 Å². The molecule has 1 aromatic rings. The van der Waals surface area contributed by atoms with Crippen LogP contribution in [0.15, 0.2) is 18.2 Å². The normalized spacial score (nSPS) is 11.6. The van der Waals surface area contributed by atoms with E-state index < -0.39 is 23.7 Å². The van der Waals surface area contributed by atoms with E-state index in [4.69, 9.17) is 0 Å². The summed E-state index contributed by atoms with van der Waals surface area (Å²) in [5.41, 5.74) is -0.165. The Labute approximate surface area is 109 Å². The van der Waals surface area contributed by atoms with Gasteiger partial charge in [-0.2, -0.15) is 0 Å². The molecule has 0 radical (unpaired) electrons. The van der Waals surface area contributed by atoms with Gasteiger partial charge in [0.15, 0.2) is 0 Å². The summed E-state index contributed by atoms with van der Waals surface area (Å²) in [7, 11) is 0. The fraction of sp³-hybridized carbons (Fsp3) is 0.333. The lowest BCUT2D eigenvalue weighted by molar-refractivity contribution is -0.122. The van der Waals surface area contributed by atoms with Crippen LogP contribution in [0.5, 0.6) is 0 Å². The lowest BCUT2D eigenvalue weighted by Crippen LogP contribution is -2.46. The Morgan fingerprint density at radius 3 is 2.58 bits per heavy atom. The average molecular weight is 271 g/mol. The molecule has 0 spiro atoms. The van der Waals surface area contributed by atoms with E-state index in [0.29, 0.717) is 12.6 Å². The first-order valence-corrected chi connectivity index (χ1v) is 5.74. The molecule has 7 heteroatoms. The monoisotopic (exact) mass is 271 g/mol. The largest absolute Gasteiger partial charge is 0.355 e. The third kappa shape index (κ3) is 4.53. The molecule has 1 unspecified atom stereocenters. The molecule has 0 saturated carbocycles. The summed E-state index contributed by atoms with van der Waals surface area (Å²) < 4.78 is 25.9. The van der Waals surface area contributed by atoms with E-state index in [1.807, 2.05) is 0 Å². The molecule has 0 saturated heterocycles. The Balaban J connectivity index is 2.58. The van der Waals surface area contributed by atoms with Crippen molar-refractivity contribution < 1.29 is 18.4 Å². The maximum atomic E-state index is 13.3. The highest BCUT2D eigenvalue weighted by atomic mass is 19.1. The summed E-state index contributed by atoms with van der Waals surface area (Å²) in [4.78, 5) is 22.9. The molecule has 19 heavy (non-hydrogen) atoms. The molecule has 1 atom stereocenters. The van der Waals surface area contributed by atoms with Gasteiger partial charge in [-0.05, 0) is 26.0 Å². The van der Waals surface area contributed by atoms with Crippen LogP contribution in [0.4, 0.5) is 19.3 Å². The smallest absolute Gasteiger partial charge is 0.319 e. The van der Waals surface area contributed by atoms with Gasteiger partial charge in [-0.3, -0.25) is 4.79 Å². The number of likely N-dealkylation sites (N-methyl/N-ethyl adjacent to an activating group) is 1. The molecule has 0 fully saturated rings. The van der Waals surface area contributed by atoms with Crippen LogP contribution in [0.2, 0.25) is 0 Å². The van der Waals surface area contributed by atoms with Crippen LogP contribution >= 0.6 is 0 Å². The summed E-state index contributed by atoms with van der Waals surface area (Å²) in [5, 5.41) is 7.05. The number of carbonyl (C=O) groups is 2. The Kier molecular flexibility index (Phi) is 5.23. The minimum absolute atomic E-state index is 0.165. The predicted molar refractivity (Wildman–Crippen MR) is 66.7 cm³/mol. The van der Waals surface area contributed by atoms with E-state index in [2.05, 4.69) is 16.0 Å². The maximum absolute atomic E-state index is 13.3. The third-order valence-electron chi connectivity index (χ3n) is 2.27. The second-order valence-electron chi connectivity index (χ2n) is 3.84. The van der Waals surface area contributed by atoms with Gasteiger partial charge in [0.2, 0.25) is 5.91 Å². The van der Waals surface area contributed by atoms with Gasteiger partial charge < -0.3 is 16.0 Å². The highest BCUT2D eigenvalue weighted by molar-refractivity contribution is 5.93. The SMILES string of the molecule is CCNC(=O)C(C)NC(=O)Nc1ccc(F)cc1F. The predicted octanol–water partition coefficient (Wildman–Crippen LogP) is 1.61. The molecule has 5 nitrogen and oxygen atoms in total. The molecule has 1 rings (SSSR count).